The summed E-state index contributed by atoms with van der Waals surface area (Å²) in [5.41, 5.74) is 1.50. The molecule has 0 saturated carbocycles. The van der Waals surface area contributed by atoms with Crippen molar-refractivity contribution in [2.75, 3.05) is 11.3 Å². The Kier molecular flexibility index (Phi) is 5.72. The SMILES string of the molecule is CCOC(=O)c1sc(NS(=O)(=O)c2cc(C(=O)O)cc(C)c2C)cc1C. The van der Waals surface area contributed by atoms with Gasteiger partial charge in [-0.15, -0.1) is 11.3 Å². The molecule has 7 nitrogen and oxygen atoms in total. The first-order valence-electron chi connectivity index (χ1n) is 7.71. The molecule has 0 saturated heterocycles. The minimum atomic E-state index is -4.02. The van der Waals surface area contributed by atoms with E-state index in [1.54, 1.807) is 27.7 Å². The predicted octanol–water partition coefficient (Wildman–Crippen LogP) is 3.35. The average molecular weight is 397 g/mol. The van der Waals surface area contributed by atoms with Crippen molar-refractivity contribution >= 4 is 38.3 Å². The Balaban J connectivity index is 2.43. The maximum atomic E-state index is 12.8. The lowest BCUT2D eigenvalue weighted by atomic mass is 10.1. The van der Waals surface area contributed by atoms with Crippen molar-refractivity contribution in [2.45, 2.75) is 32.6 Å². The summed E-state index contributed by atoms with van der Waals surface area (Å²) in [6.07, 6.45) is 0. The van der Waals surface area contributed by atoms with Crippen molar-refractivity contribution < 1.29 is 27.9 Å². The van der Waals surface area contributed by atoms with Crippen LogP contribution in [0.3, 0.4) is 0 Å². The highest BCUT2D eigenvalue weighted by Gasteiger charge is 2.23. The van der Waals surface area contributed by atoms with Gasteiger partial charge in [0.25, 0.3) is 10.0 Å². The number of rotatable bonds is 6. The number of thiophene rings is 1. The molecule has 26 heavy (non-hydrogen) atoms. The van der Waals surface area contributed by atoms with Crippen LogP contribution in [0, 0.1) is 20.8 Å². The molecule has 0 aliphatic heterocycles. The highest BCUT2D eigenvalue weighted by molar-refractivity contribution is 7.93. The third kappa shape index (κ3) is 4.05. The summed E-state index contributed by atoms with van der Waals surface area (Å²) in [7, 11) is -4.02. The highest BCUT2D eigenvalue weighted by Crippen LogP contribution is 2.30. The molecule has 1 aromatic heterocycles. The Hall–Kier alpha value is -2.39. The maximum Gasteiger partial charge on any atom is 0.348 e. The molecule has 0 aliphatic rings. The van der Waals surface area contributed by atoms with Gasteiger partial charge in [-0.2, -0.15) is 0 Å². The Morgan fingerprint density at radius 3 is 2.38 bits per heavy atom. The molecular weight excluding hydrogens is 378 g/mol. The van der Waals surface area contributed by atoms with Crippen molar-refractivity contribution in [2.24, 2.45) is 0 Å². The average Bonchev–Trinajstić information content (AvgIpc) is 2.89. The molecule has 0 amide bonds. The summed E-state index contributed by atoms with van der Waals surface area (Å²) in [6.45, 7) is 6.85. The van der Waals surface area contributed by atoms with Gasteiger partial charge in [-0.05, 0) is 62.6 Å². The van der Waals surface area contributed by atoms with Crippen LogP contribution in [0.25, 0.3) is 0 Å². The summed E-state index contributed by atoms with van der Waals surface area (Å²) < 4.78 is 32.9. The van der Waals surface area contributed by atoms with Gasteiger partial charge >= 0.3 is 11.9 Å². The van der Waals surface area contributed by atoms with Crippen LogP contribution in [0.5, 0.6) is 0 Å². The van der Waals surface area contributed by atoms with Crippen LogP contribution in [-0.4, -0.2) is 32.1 Å². The minimum absolute atomic E-state index is 0.108. The van der Waals surface area contributed by atoms with Crippen molar-refractivity contribution in [3.05, 3.63) is 45.3 Å². The smallest absolute Gasteiger partial charge is 0.348 e. The van der Waals surface area contributed by atoms with Gasteiger partial charge in [-0.3, -0.25) is 4.72 Å². The van der Waals surface area contributed by atoms with Gasteiger partial charge in [-0.25, -0.2) is 18.0 Å². The zero-order valence-corrected chi connectivity index (χ0v) is 16.4. The minimum Gasteiger partial charge on any atom is -0.478 e. The van der Waals surface area contributed by atoms with Gasteiger partial charge in [0.1, 0.15) is 9.88 Å². The number of carbonyl (C=O) groups is 2. The lowest BCUT2D eigenvalue weighted by Crippen LogP contribution is -2.15. The first-order valence-corrected chi connectivity index (χ1v) is 10.0. The first-order chi connectivity index (χ1) is 12.1. The van der Waals surface area contributed by atoms with E-state index in [0.717, 1.165) is 17.4 Å². The van der Waals surface area contributed by atoms with Crippen LogP contribution in [0.1, 0.15) is 43.6 Å². The van der Waals surface area contributed by atoms with Gasteiger partial charge in [0.2, 0.25) is 0 Å². The molecule has 0 unspecified atom stereocenters. The van der Waals surface area contributed by atoms with E-state index in [1.807, 2.05) is 0 Å². The number of benzene rings is 1. The number of esters is 1. The van der Waals surface area contributed by atoms with Crippen LogP contribution in [0.2, 0.25) is 0 Å². The Labute approximate surface area is 155 Å². The van der Waals surface area contributed by atoms with E-state index >= 15 is 0 Å². The second-order valence-corrected chi connectivity index (χ2v) is 8.37. The zero-order chi connectivity index (χ0) is 19.6. The second kappa shape index (κ2) is 7.46. The van der Waals surface area contributed by atoms with Crippen LogP contribution >= 0.6 is 11.3 Å². The molecule has 2 N–H and O–H groups in total. The summed E-state index contributed by atoms with van der Waals surface area (Å²) in [6, 6.07) is 4.09. The van der Waals surface area contributed by atoms with Crippen LogP contribution in [0.4, 0.5) is 5.00 Å². The van der Waals surface area contributed by atoms with Gasteiger partial charge in [-0.1, -0.05) is 0 Å². The fraction of sp³-hybridized carbons (Fsp3) is 0.294. The third-order valence-electron chi connectivity index (χ3n) is 3.77. The van der Waals surface area contributed by atoms with E-state index in [0.29, 0.717) is 21.6 Å². The van der Waals surface area contributed by atoms with Crippen LogP contribution < -0.4 is 4.72 Å². The fourth-order valence-corrected chi connectivity index (χ4v) is 4.94. The second-order valence-electron chi connectivity index (χ2n) is 5.67. The number of carbonyl (C=O) groups excluding carboxylic acids is 1. The van der Waals surface area contributed by atoms with Crippen molar-refractivity contribution in [3.8, 4) is 0 Å². The molecular formula is C17H19NO6S2. The highest BCUT2D eigenvalue weighted by atomic mass is 32.2. The lowest BCUT2D eigenvalue weighted by molar-refractivity contribution is 0.0530. The van der Waals surface area contributed by atoms with Gasteiger partial charge in [0.05, 0.1) is 17.1 Å². The van der Waals surface area contributed by atoms with E-state index in [9.17, 15) is 18.0 Å². The Morgan fingerprint density at radius 2 is 1.81 bits per heavy atom. The molecule has 1 heterocycles. The number of hydrogen-bond donors (Lipinski definition) is 2. The molecule has 2 rings (SSSR count). The normalized spacial score (nSPS) is 11.2. The number of anilines is 1. The van der Waals surface area contributed by atoms with Crippen molar-refractivity contribution in [1.29, 1.82) is 0 Å². The van der Waals surface area contributed by atoms with Crippen molar-refractivity contribution in [3.63, 3.8) is 0 Å². The molecule has 2 aromatic rings. The van der Waals surface area contributed by atoms with Crippen LogP contribution in [-0.2, 0) is 14.8 Å². The van der Waals surface area contributed by atoms with Gasteiger partial charge in [0.15, 0.2) is 0 Å². The molecule has 0 atom stereocenters. The van der Waals surface area contributed by atoms with E-state index in [-0.39, 0.29) is 22.1 Å². The van der Waals surface area contributed by atoms with Gasteiger partial charge < -0.3 is 9.84 Å². The number of ether oxygens (including phenoxy) is 1. The zero-order valence-electron chi connectivity index (χ0n) is 14.7. The lowest BCUT2D eigenvalue weighted by Gasteiger charge is -2.12. The van der Waals surface area contributed by atoms with E-state index in [2.05, 4.69) is 4.72 Å². The van der Waals surface area contributed by atoms with Crippen LogP contribution in [0.15, 0.2) is 23.1 Å². The van der Waals surface area contributed by atoms with Gasteiger partial charge in [0, 0.05) is 0 Å². The molecule has 0 aliphatic carbocycles. The largest absolute Gasteiger partial charge is 0.478 e. The number of aryl methyl sites for hydroxylation is 2. The molecule has 1 aromatic carbocycles. The maximum absolute atomic E-state index is 12.8. The third-order valence-corrected chi connectivity index (χ3v) is 6.52. The molecule has 9 heteroatoms. The van der Waals surface area contributed by atoms with Crippen molar-refractivity contribution in [1.82, 2.24) is 0 Å². The summed E-state index contributed by atoms with van der Waals surface area (Å²) in [4.78, 5) is 23.3. The standard InChI is InChI=1S/C17H19NO6S2/c1-5-24-17(21)15-10(3)7-14(25-15)18-26(22,23)13-8-12(16(19)20)6-9(2)11(13)4/h6-8,18H,5H2,1-4H3,(H,19,20). The first kappa shape index (κ1) is 19.9. The Bertz CT molecular complexity index is 975. The van der Waals surface area contributed by atoms with E-state index in [1.165, 1.54) is 12.1 Å². The summed E-state index contributed by atoms with van der Waals surface area (Å²) in [5, 5.41) is 9.42. The summed E-state index contributed by atoms with van der Waals surface area (Å²) >= 11 is 0.969. The molecule has 0 radical (unpaired) electrons. The topological polar surface area (TPSA) is 110 Å². The molecule has 0 spiro atoms. The quantitative estimate of drug-likeness (QED) is 0.724. The van der Waals surface area contributed by atoms with E-state index < -0.39 is 22.0 Å². The molecule has 0 bridgehead atoms. The molecule has 0 fully saturated rings. The number of carboxylic acids is 1. The molecule has 140 valence electrons. The Morgan fingerprint density at radius 1 is 1.15 bits per heavy atom. The number of hydrogen-bond acceptors (Lipinski definition) is 6. The number of aromatic carboxylic acids is 1. The monoisotopic (exact) mass is 397 g/mol. The number of nitrogens with one attached hydrogen (secondary N) is 1. The van der Waals surface area contributed by atoms with E-state index in [4.69, 9.17) is 9.84 Å². The predicted molar refractivity (Wildman–Crippen MR) is 98.7 cm³/mol. The fourth-order valence-electron chi connectivity index (χ4n) is 2.35. The number of sulfonamides is 1. The number of carboxylic acid groups (broad SMARTS) is 1. The summed E-state index contributed by atoms with van der Waals surface area (Å²) in [5.74, 6) is -1.72.